The Morgan fingerprint density at radius 2 is 1.53 bits per heavy atom. The Hall–Kier alpha value is -2.41. The monoisotopic (exact) mass is 411 g/mol. The maximum absolute atomic E-state index is 14.5. The van der Waals surface area contributed by atoms with Crippen molar-refractivity contribution < 1.29 is 13.5 Å². The minimum atomic E-state index is -3.41. The molecule has 2 nitrogen and oxygen atoms in total. The first kappa shape index (κ1) is 22.3. The van der Waals surface area contributed by atoms with Crippen LogP contribution in [0.15, 0.2) is 48.5 Å². The van der Waals surface area contributed by atoms with Crippen LogP contribution >= 0.6 is 0 Å². The van der Waals surface area contributed by atoms with Crippen molar-refractivity contribution in [2.75, 3.05) is 0 Å². The number of hydrogen-bond donors (Lipinski definition) is 0. The molecule has 2 aromatic carbocycles. The predicted octanol–water partition coefficient (Wildman–Crippen LogP) is 7.62. The molecule has 0 radical (unpaired) electrons. The zero-order valence-electron chi connectivity index (χ0n) is 17.7. The number of rotatable bonds is 9. The molecule has 0 aliphatic heterocycles. The summed E-state index contributed by atoms with van der Waals surface area (Å²) in [6.45, 7) is 2.26. The highest BCUT2D eigenvalue weighted by atomic mass is 19.3. The summed E-state index contributed by atoms with van der Waals surface area (Å²) in [5.41, 5.74) is 1.34. The Balaban J connectivity index is 1.48. The smallest absolute Gasteiger partial charge is 0.426 e. The number of ether oxygens (including phenoxy) is 1. The van der Waals surface area contributed by atoms with Gasteiger partial charge in [0.2, 0.25) is 0 Å². The molecule has 4 heteroatoms. The van der Waals surface area contributed by atoms with E-state index in [9.17, 15) is 8.78 Å². The van der Waals surface area contributed by atoms with Gasteiger partial charge in [0.15, 0.2) is 0 Å². The first-order chi connectivity index (χ1) is 14.5. The summed E-state index contributed by atoms with van der Waals surface area (Å²) in [7, 11) is 0. The van der Waals surface area contributed by atoms with Gasteiger partial charge in [-0.1, -0.05) is 64.0 Å². The summed E-state index contributed by atoms with van der Waals surface area (Å²) in [5, 5.41) is 8.80. The van der Waals surface area contributed by atoms with E-state index in [0.717, 1.165) is 30.2 Å². The quantitative estimate of drug-likeness (QED) is 0.425. The average Bonchev–Trinajstić information content (AvgIpc) is 2.77. The molecule has 0 aromatic heterocycles. The summed E-state index contributed by atoms with van der Waals surface area (Å²) in [6.07, 6.45) is 7.99. The number of halogens is 2. The van der Waals surface area contributed by atoms with Crippen LogP contribution in [0.2, 0.25) is 0 Å². The third-order valence-electron chi connectivity index (χ3n) is 6.29. The van der Waals surface area contributed by atoms with E-state index in [1.807, 2.05) is 6.07 Å². The van der Waals surface area contributed by atoms with E-state index in [1.54, 1.807) is 12.1 Å². The molecule has 160 valence electrons. The maximum Gasteiger partial charge on any atom is 0.426 e. The van der Waals surface area contributed by atoms with Crippen LogP contribution in [0, 0.1) is 23.2 Å². The molecule has 0 amide bonds. The molecule has 0 N–H and O–H groups in total. The van der Waals surface area contributed by atoms with Gasteiger partial charge in [0, 0.05) is 0 Å². The zero-order chi connectivity index (χ0) is 21.4. The third kappa shape index (κ3) is 6.29. The van der Waals surface area contributed by atoms with Crippen molar-refractivity contribution >= 4 is 0 Å². The number of aryl methyl sites for hydroxylation is 1. The molecule has 30 heavy (non-hydrogen) atoms. The van der Waals surface area contributed by atoms with Crippen LogP contribution in [0.25, 0.3) is 0 Å². The number of benzene rings is 2. The molecule has 1 saturated carbocycles. The van der Waals surface area contributed by atoms with Crippen molar-refractivity contribution in [3.05, 3.63) is 65.2 Å². The van der Waals surface area contributed by atoms with Gasteiger partial charge in [0.1, 0.15) is 5.75 Å². The minimum Gasteiger partial charge on any atom is -0.429 e. The van der Waals surface area contributed by atoms with Crippen LogP contribution in [0.5, 0.6) is 5.75 Å². The van der Waals surface area contributed by atoms with Gasteiger partial charge in [-0.25, -0.2) is 0 Å². The van der Waals surface area contributed by atoms with E-state index in [-0.39, 0.29) is 11.3 Å². The number of nitrogens with zero attached hydrogens (tertiary/aromatic N) is 1. The Morgan fingerprint density at radius 3 is 2.10 bits per heavy atom. The van der Waals surface area contributed by atoms with Gasteiger partial charge in [-0.05, 0) is 66.6 Å². The van der Waals surface area contributed by atoms with Crippen LogP contribution in [-0.2, 0) is 12.5 Å². The number of alkyl halides is 2. The molecule has 0 saturated heterocycles. The van der Waals surface area contributed by atoms with Crippen LogP contribution < -0.4 is 4.74 Å². The van der Waals surface area contributed by atoms with Crippen molar-refractivity contribution in [3.63, 3.8) is 0 Å². The van der Waals surface area contributed by atoms with Crippen LogP contribution in [0.4, 0.5) is 8.78 Å². The van der Waals surface area contributed by atoms with Crippen LogP contribution in [-0.4, -0.2) is 0 Å². The fourth-order valence-corrected chi connectivity index (χ4v) is 4.34. The van der Waals surface area contributed by atoms with E-state index in [4.69, 9.17) is 10.00 Å². The second-order valence-corrected chi connectivity index (χ2v) is 8.52. The summed E-state index contributed by atoms with van der Waals surface area (Å²) >= 11 is 0. The topological polar surface area (TPSA) is 33.0 Å². The van der Waals surface area contributed by atoms with Crippen molar-refractivity contribution in [2.24, 2.45) is 11.8 Å². The highest BCUT2D eigenvalue weighted by molar-refractivity contribution is 5.35. The SMILES string of the molecule is CCCC[C@H]1CC[C@H](CCc2ccc(C(F)(F)Oc3ccc(C#N)cc3)cc2)CC1. The Bertz CT molecular complexity index is 816. The molecule has 1 aliphatic rings. The largest absolute Gasteiger partial charge is 0.429 e. The Morgan fingerprint density at radius 1 is 0.933 bits per heavy atom. The first-order valence-electron chi connectivity index (χ1n) is 11.2. The van der Waals surface area contributed by atoms with E-state index in [2.05, 4.69) is 6.92 Å². The summed E-state index contributed by atoms with van der Waals surface area (Å²) in [4.78, 5) is 0. The van der Waals surface area contributed by atoms with Gasteiger partial charge in [0.05, 0.1) is 17.2 Å². The maximum atomic E-state index is 14.5. The molecule has 0 unspecified atom stereocenters. The zero-order valence-corrected chi connectivity index (χ0v) is 17.7. The van der Waals surface area contributed by atoms with E-state index >= 15 is 0 Å². The van der Waals surface area contributed by atoms with E-state index in [0.29, 0.717) is 5.56 Å². The average molecular weight is 412 g/mol. The van der Waals surface area contributed by atoms with Gasteiger partial charge >= 0.3 is 6.11 Å². The second kappa shape index (κ2) is 10.6. The molecule has 0 heterocycles. The van der Waals surface area contributed by atoms with E-state index < -0.39 is 6.11 Å². The summed E-state index contributed by atoms with van der Waals surface area (Å²) in [6, 6.07) is 14.2. The lowest BCUT2D eigenvalue weighted by atomic mass is 9.78. The lowest BCUT2D eigenvalue weighted by molar-refractivity contribution is -0.185. The summed E-state index contributed by atoms with van der Waals surface area (Å²) in [5.74, 6) is 1.72. The van der Waals surface area contributed by atoms with Gasteiger partial charge in [0.25, 0.3) is 0 Å². The molecule has 0 bridgehead atoms. The van der Waals surface area contributed by atoms with Gasteiger partial charge in [-0.15, -0.1) is 0 Å². The van der Waals surface area contributed by atoms with Gasteiger partial charge in [-0.2, -0.15) is 14.0 Å². The number of nitriles is 1. The third-order valence-corrected chi connectivity index (χ3v) is 6.29. The lowest BCUT2D eigenvalue weighted by Crippen LogP contribution is -2.21. The number of hydrogen-bond acceptors (Lipinski definition) is 2. The van der Waals surface area contributed by atoms with E-state index in [1.165, 1.54) is 81.3 Å². The predicted molar refractivity (Wildman–Crippen MR) is 115 cm³/mol. The van der Waals surface area contributed by atoms with Crippen molar-refractivity contribution in [1.29, 1.82) is 5.26 Å². The molecule has 2 aromatic rings. The fourth-order valence-electron chi connectivity index (χ4n) is 4.34. The molecule has 1 aliphatic carbocycles. The normalized spacial score (nSPS) is 19.3. The number of unbranched alkanes of at least 4 members (excludes halogenated alkanes) is 1. The lowest BCUT2D eigenvalue weighted by Gasteiger charge is -2.28. The van der Waals surface area contributed by atoms with Crippen LogP contribution in [0.3, 0.4) is 0 Å². The van der Waals surface area contributed by atoms with Crippen LogP contribution in [0.1, 0.15) is 75.0 Å². The highest BCUT2D eigenvalue weighted by Crippen LogP contribution is 2.35. The molecular formula is C26H31F2NO. The highest BCUT2D eigenvalue weighted by Gasteiger charge is 2.34. The van der Waals surface area contributed by atoms with Gasteiger partial charge < -0.3 is 4.74 Å². The molecule has 1 fully saturated rings. The minimum absolute atomic E-state index is 0.0395. The Labute approximate surface area is 178 Å². The molecule has 3 rings (SSSR count). The molecule has 0 spiro atoms. The second-order valence-electron chi connectivity index (χ2n) is 8.52. The standard InChI is InChI=1S/C26H31F2NO/c1-2-3-4-20-5-7-21(8-6-20)9-10-22-11-15-24(16-12-22)26(27,28)30-25-17-13-23(19-29)14-18-25/h11-18,20-21H,2-10H2,1H3/t20-,21-. The molecule has 0 atom stereocenters. The Kier molecular flexibility index (Phi) is 7.85. The van der Waals surface area contributed by atoms with Crippen molar-refractivity contribution in [3.8, 4) is 11.8 Å². The van der Waals surface area contributed by atoms with Crippen molar-refractivity contribution in [2.45, 2.75) is 70.8 Å². The molecular weight excluding hydrogens is 380 g/mol. The summed E-state index contributed by atoms with van der Waals surface area (Å²) < 4.78 is 33.8. The van der Waals surface area contributed by atoms with Gasteiger partial charge in [-0.3, -0.25) is 0 Å². The van der Waals surface area contributed by atoms with Crippen molar-refractivity contribution in [1.82, 2.24) is 0 Å². The fraction of sp³-hybridized carbons (Fsp3) is 0.500. The first-order valence-corrected chi connectivity index (χ1v) is 11.2.